The van der Waals surface area contributed by atoms with Gasteiger partial charge in [-0.2, -0.15) is 0 Å². The van der Waals surface area contributed by atoms with E-state index < -0.39 is 15.9 Å². The van der Waals surface area contributed by atoms with Gasteiger partial charge in [-0.15, -0.1) is 0 Å². The van der Waals surface area contributed by atoms with E-state index in [1.165, 1.54) is 6.20 Å². The number of fused-ring (bicyclic) bond motifs is 2. The van der Waals surface area contributed by atoms with Crippen molar-refractivity contribution in [1.82, 2.24) is 30.2 Å². The number of pyridine rings is 1. The topological polar surface area (TPSA) is 175 Å². The van der Waals surface area contributed by atoms with E-state index >= 15 is 0 Å². The van der Waals surface area contributed by atoms with E-state index in [4.69, 9.17) is 0 Å². The van der Waals surface area contributed by atoms with Crippen molar-refractivity contribution in [1.29, 1.82) is 0 Å². The number of nitrogens with zero attached hydrogens (tertiary/aromatic N) is 3. The SMILES string of the molecule is C[C@@H](C/C=C/c1cnc(NC(=O)c2nc3ccccc3[nH]2)c(NS(C)(=O)=O)c1)NC(=O)c1nc2ccccc2[nH]1. The van der Waals surface area contributed by atoms with Crippen molar-refractivity contribution < 1.29 is 18.0 Å². The number of imidazole rings is 2. The highest BCUT2D eigenvalue weighted by Crippen LogP contribution is 2.23. The fourth-order valence-corrected chi connectivity index (χ4v) is 4.55. The number of sulfonamides is 1. The van der Waals surface area contributed by atoms with Gasteiger partial charge in [0, 0.05) is 12.2 Å². The molecular formula is C27H26N8O4S. The molecule has 5 N–H and O–H groups in total. The summed E-state index contributed by atoms with van der Waals surface area (Å²) in [6.45, 7) is 1.86. The number of hydrogen-bond donors (Lipinski definition) is 5. The van der Waals surface area contributed by atoms with Crippen molar-refractivity contribution >= 4 is 61.5 Å². The molecule has 0 radical (unpaired) electrons. The minimum atomic E-state index is -3.67. The van der Waals surface area contributed by atoms with E-state index in [9.17, 15) is 18.0 Å². The molecule has 0 spiro atoms. The van der Waals surface area contributed by atoms with Crippen molar-refractivity contribution in [2.75, 3.05) is 16.3 Å². The zero-order valence-electron chi connectivity index (χ0n) is 21.6. The van der Waals surface area contributed by atoms with Crippen LogP contribution in [0.5, 0.6) is 0 Å². The average molecular weight is 559 g/mol. The molecule has 0 saturated heterocycles. The molecule has 3 heterocycles. The number of carbonyl (C=O) groups is 2. The number of aromatic amines is 2. The average Bonchev–Trinajstić information content (AvgIpc) is 3.54. The summed E-state index contributed by atoms with van der Waals surface area (Å²) >= 11 is 0. The molecule has 5 rings (SSSR count). The Morgan fingerprint density at radius 2 is 1.55 bits per heavy atom. The van der Waals surface area contributed by atoms with Gasteiger partial charge < -0.3 is 20.6 Å². The lowest BCUT2D eigenvalue weighted by atomic mass is 10.1. The molecule has 13 heteroatoms. The Kier molecular flexibility index (Phi) is 7.29. The van der Waals surface area contributed by atoms with E-state index in [-0.39, 0.29) is 35.1 Å². The number of carbonyl (C=O) groups excluding carboxylic acids is 2. The van der Waals surface area contributed by atoms with E-state index in [1.54, 1.807) is 24.3 Å². The summed E-state index contributed by atoms with van der Waals surface area (Å²) in [7, 11) is -3.67. The van der Waals surface area contributed by atoms with Gasteiger partial charge in [0.15, 0.2) is 17.5 Å². The second kappa shape index (κ2) is 11.0. The fraction of sp³-hybridized carbons (Fsp3) is 0.148. The second-order valence-corrected chi connectivity index (χ2v) is 11.0. The van der Waals surface area contributed by atoms with E-state index in [1.807, 2.05) is 49.4 Å². The fourth-order valence-electron chi connectivity index (χ4n) is 4.00. The quantitative estimate of drug-likeness (QED) is 0.183. The van der Waals surface area contributed by atoms with Crippen LogP contribution in [-0.2, 0) is 10.0 Å². The van der Waals surface area contributed by atoms with Crippen molar-refractivity contribution in [2.24, 2.45) is 0 Å². The molecule has 5 aromatic rings. The molecule has 0 fully saturated rings. The van der Waals surface area contributed by atoms with Crippen LogP contribution in [0.25, 0.3) is 28.1 Å². The van der Waals surface area contributed by atoms with Gasteiger partial charge in [0.1, 0.15) is 0 Å². The summed E-state index contributed by atoms with van der Waals surface area (Å²) < 4.78 is 26.4. The lowest BCUT2D eigenvalue weighted by Gasteiger charge is -2.12. The zero-order valence-corrected chi connectivity index (χ0v) is 22.4. The molecular weight excluding hydrogens is 532 g/mol. The number of anilines is 2. The van der Waals surface area contributed by atoms with Crippen LogP contribution in [0.4, 0.5) is 11.5 Å². The maximum absolute atomic E-state index is 12.8. The first kappa shape index (κ1) is 26.6. The van der Waals surface area contributed by atoms with Crippen LogP contribution >= 0.6 is 0 Å². The van der Waals surface area contributed by atoms with Crippen LogP contribution in [0, 0.1) is 0 Å². The molecule has 0 saturated carbocycles. The Morgan fingerprint density at radius 1 is 0.950 bits per heavy atom. The van der Waals surface area contributed by atoms with Crippen LogP contribution in [0.2, 0.25) is 0 Å². The van der Waals surface area contributed by atoms with Crippen LogP contribution in [-0.4, -0.2) is 57.4 Å². The number of benzene rings is 2. The van der Waals surface area contributed by atoms with Crippen molar-refractivity contribution in [2.45, 2.75) is 19.4 Å². The number of H-pyrrole nitrogens is 2. The van der Waals surface area contributed by atoms with Crippen LogP contribution in [0.3, 0.4) is 0 Å². The Bertz CT molecular complexity index is 1790. The molecule has 0 aliphatic carbocycles. The van der Waals surface area contributed by atoms with Gasteiger partial charge in [-0.05, 0) is 49.2 Å². The van der Waals surface area contributed by atoms with E-state index in [2.05, 4.69) is 40.3 Å². The number of nitrogens with one attached hydrogen (secondary N) is 5. The smallest absolute Gasteiger partial charge is 0.292 e. The van der Waals surface area contributed by atoms with Gasteiger partial charge in [0.2, 0.25) is 10.0 Å². The third-order valence-corrected chi connectivity index (χ3v) is 6.41. The van der Waals surface area contributed by atoms with E-state index in [0.717, 1.165) is 11.8 Å². The Balaban J connectivity index is 1.26. The monoisotopic (exact) mass is 558 g/mol. The number of para-hydroxylation sites is 4. The number of hydrogen-bond acceptors (Lipinski definition) is 7. The largest absolute Gasteiger partial charge is 0.347 e. The highest BCUT2D eigenvalue weighted by atomic mass is 32.2. The molecule has 1 atom stereocenters. The maximum Gasteiger partial charge on any atom is 0.292 e. The summed E-state index contributed by atoms with van der Waals surface area (Å²) in [5.74, 6) is -0.561. The third kappa shape index (κ3) is 6.32. The molecule has 0 aliphatic rings. The maximum atomic E-state index is 12.8. The van der Waals surface area contributed by atoms with Gasteiger partial charge in [-0.1, -0.05) is 36.4 Å². The standard InChI is InChI=1S/C27H26N8O4S/c1-16(29-26(36)24-30-18-10-3-4-11-19(18)31-24)8-7-9-17-14-22(35-40(2,38)39)23(28-15-17)34-27(37)25-32-20-12-5-6-13-21(20)33-25/h3-7,9-16,35H,8H2,1-2H3,(H,29,36)(H,30,31)(H,32,33)(H,28,34,37)/b9-7+/t16-/m0/s1. The predicted octanol–water partition coefficient (Wildman–Crippen LogP) is 3.68. The highest BCUT2D eigenvalue weighted by molar-refractivity contribution is 7.92. The van der Waals surface area contributed by atoms with Crippen LogP contribution in [0.1, 0.15) is 40.1 Å². The van der Waals surface area contributed by atoms with Crippen molar-refractivity contribution in [3.63, 3.8) is 0 Å². The van der Waals surface area contributed by atoms with Gasteiger partial charge in [0.25, 0.3) is 11.8 Å². The lowest BCUT2D eigenvalue weighted by molar-refractivity contribution is 0.0930. The molecule has 204 valence electrons. The van der Waals surface area contributed by atoms with Gasteiger partial charge in [-0.25, -0.2) is 23.4 Å². The first-order valence-electron chi connectivity index (χ1n) is 12.3. The summed E-state index contributed by atoms with van der Waals surface area (Å²) in [5.41, 5.74) is 3.49. The minimum Gasteiger partial charge on any atom is -0.347 e. The summed E-state index contributed by atoms with van der Waals surface area (Å²) in [5, 5.41) is 5.50. The Morgan fingerprint density at radius 3 is 2.15 bits per heavy atom. The molecule has 12 nitrogen and oxygen atoms in total. The molecule has 3 aromatic heterocycles. The molecule has 2 aromatic carbocycles. The summed E-state index contributed by atoms with van der Waals surface area (Å²) in [4.78, 5) is 44.1. The Labute approximate surface area is 229 Å². The normalized spacial score (nSPS) is 12.6. The highest BCUT2D eigenvalue weighted by Gasteiger charge is 2.17. The number of aromatic nitrogens is 5. The number of rotatable bonds is 9. The van der Waals surface area contributed by atoms with Crippen molar-refractivity contribution in [3.05, 3.63) is 84.1 Å². The summed E-state index contributed by atoms with van der Waals surface area (Å²) in [6.07, 6.45) is 6.57. The predicted molar refractivity (Wildman–Crippen MR) is 153 cm³/mol. The molecule has 2 amide bonds. The van der Waals surface area contributed by atoms with Crippen molar-refractivity contribution in [3.8, 4) is 0 Å². The van der Waals surface area contributed by atoms with Gasteiger partial charge in [-0.3, -0.25) is 14.3 Å². The minimum absolute atomic E-state index is 0.0273. The molecule has 40 heavy (non-hydrogen) atoms. The van der Waals surface area contributed by atoms with Gasteiger partial charge in [0.05, 0.1) is 34.0 Å². The first-order valence-corrected chi connectivity index (χ1v) is 14.2. The van der Waals surface area contributed by atoms with Gasteiger partial charge >= 0.3 is 0 Å². The Hall–Kier alpha value is -5.04. The zero-order chi connectivity index (χ0) is 28.3. The molecule has 0 bridgehead atoms. The third-order valence-electron chi connectivity index (χ3n) is 5.82. The first-order chi connectivity index (χ1) is 19.1. The summed E-state index contributed by atoms with van der Waals surface area (Å²) in [6, 6.07) is 15.9. The van der Waals surface area contributed by atoms with Crippen LogP contribution < -0.4 is 15.4 Å². The molecule has 0 unspecified atom stereocenters. The second-order valence-electron chi connectivity index (χ2n) is 9.21. The lowest BCUT2D eigenvalue weighted by Crippen LogP contribution is -2.32. The molecule has 0 aliphatic heterocycles. The number of amides is 2. The van der Waals surface area contributed by atoms with Crippen LogP contribution in [0.15, 0.2) is 66.9 Å². The van der Waals surface area contributed by atoms with E-state index in [0.29, 0.717) is 28.5 Å².